The van der Waals surface area contributed by atoms with Gasteiger partial charge in [0, 0.05) is 12.0 Å². The number of hydrogen-bond donors (Lipinski definition) is 1. The predicted molar refractivity (Wildman–Crippen MR) is 36.2 cm³/mol. The fraction of sp³-hybridized carbons (Fsp3) is 1.00. The average molecular weight is 136 g/mol. The summed E-state index contributed by atoms with van der Waals surface area (Å²) in [7, 11) is 0. The lowest BCUT2D eigenvalue weighted by Gasteiger charge is -2.22. The van der Waals surface area contributed by atoms with Gasteiger partial charge in [-0.15, -0.1) is 0 Å². The zero-order valence-electron chi connectivity index (χ0n) is 5.96. The Morgan fingerprint density at radius 3 is 2.80 bits per heavy atom. The second kappa shape index (κ2) is 0.989. The average Bonchev–Trinajstić information content (AvgIpc) is 2.84. The van der Waals surface area contributed by atoms with Crippen molar-refractivity contribution in [1.29, 1.82) is 0 Å². The van der Waals surface area contributed by atoms with Gasteiger partial charge in [0.05, 0.1) is 0 Å². The summed E-state index contributed by atoms with van der Waals surface area (Å²) in [5.41, 5.74) is 0.539. The van der Waals surface area contributed by atoms with E-state index in [2.05, 4.69) is 0 Å². The molecule has 6 unspecified atom stereocenters. The molecular formula is C9H12O. The molecule has 0 aromatic carbocycles. The Kier molecular flexibility index (Phi) is 0.471. The van der Waals surface area contributed by atoms with Gasteiger partial charge in [-0.05, 0) is 42.4 Å². The molecule has 4 rings (SSSR count). The maximum absolute atomic E-state index is 9.15. The third kappa shape index (κ3) is 0.254. The normalized spacial score (nSPS) is 79.5. The first-order valence-electron chi connectivity index (χ1n) is 4.50. The van der Waals surface area contributed by atoms with Crippen LogP contribution in [-0.4, -0.2) is 11.7 Å². The van der Waals surface area contributed by atoms with Crippen molar-refractivity contribution in [2.24, 2.45) is 35.0 Å². The SMILES string of the molecule is OCC12C3CC4CC4C1C32. The third-order valence-electron chi connectivity index (χ3n) is 4.80. The van der Waals surface area contributed by atoms with E-state index < -0.39 is 0 Å². The van der Waals surface area contributed by atoms with E-state index in [1.807, 2.05) is 0 Å². The summed E-state index contributed by atoms with van der Waals surface area (Å²) >= 11 is 0. The van der Waals surface area contributed by atoms with Crippen molar-refractivity contribution < 1.29 is 5.11 Å². The molecule has 0 bridgehead atoms. The van der Waals surface area contributed by atoms with Gasteiger partial charge in [0.15, 0.2) is 0 Å². The molecule has 54 valence electrons. The fourth-order valence-corrected chi connectivity index (χ4v) is 4.14. The van der Waals surface area contributed by atoms with E-state index >= 15 is 0 Å². The molecule has 1 N–H and O–H groups in total. The Morgan fingerprint density at radius 2 is 2.20 bits per heavy atom. The molecule has 0 amide bonds. The quantitative estimate of drug-likeness (QED) is 0.567. The number of aliphatic hydroxyl groups excluding tert-OH is 1. The summed E-state index contributed by atoms with van der Waals surface area (Å²) in [6.45, 7) is 0.510. The van der Waals surface area contributed by atoms with Crippen LogP contribution < -0.4 is 0 Å². The lowest BCUT2D eigenvalue weighted by atomic mass is 9.83. The Balaban J connectivity index is 1.76. The molecule has 1 nitrogen and oxygen atoms in total. The number of rotatable bonds is 1. The molecule has 0 saturated heterocycles. The van der Waals surface area contributed by atoms with Crippen molar-refractivity contribution in [3.8, 4) is 0 Å². The monoisotopic (exact) mass is 136 g/mol. The van der Waals surface area contributed by atoms with Gasteiger partial charge >= 0.3 is 0 Å². The van der Waals surface area contributed by atoms with Gasteiger partial charge in [0.2, 0.25) is 0 Å². The van der Waals surface area contributed by atoms with Crippen molar-refractivity contribution >= 4 is 0 Å². The summed E-state index contributed by atoms with van der Waals surface area (Å²) < 4.78 is 0. The first-order chi connectivity index (χ1) is 4.89. The molecule has 4 fully saturated rings. The molecule has 0 heterocycles. The smallest absolute Gasteiger partial charge is 0.0495 e. The topological polar surface area (TPSA) is 20.2 Å². The summed E-state index contributed by atoms with van der Waals surface area (Å²) in [5, 5.41) is 9.15. The molecule has 0 aromatic heterocycles. The van der Waals surface area contributed by atoms with Crippen LogP contribution >= 0.6 is 0 Å². The van der Waals surface area contributed by atoms with Crippen molar-refractivity contribution in [2.75, 3.05) is 6.61 Å². The Hall–Kier alpha value is -0.0400. The predicted octanol–water partition coefficient (Wildman–Crippen LogP) is 0.881. The first kappa shape index (κ1) is 4.76. The van der Waals surface area contributed by atoms with Crippen molar-refractivity contribution in [3.05, 3.63) is 0 Å². The minimum Gasteiger partial charge on any atom is -0.396 e. The van der Waals surface area contributed by atoms with Crippen LogP contribution in [0.25, 0.3) is 0 Å². The Morgan fingerprint density at radius 1 is 1.30 bits per heavy atom. The van der Waals surface area contributed by atoms with E-state index in [1.165, 1.54) is 12.8 Å². The molecule has 4 aliphatic rings. The van der Waals surface area contributed by atoms with Crippen molar-refractivity contribution in [3.63, 3.8) is 0 Å². The Labute approximate surface area is 60.4 Å². The van der Waals surface area contributed by atoms with Crippen LogP contribution in [0.2, 0.25) is 0 Å². The molecule has 0 spiro atoms. The van der Waals surface area contributed by atoms with Crippen LogP contribution in [0.5, 0.6) is 0 Å². The van der Waals surface area contributed by atoms with Gasteiger partial charge in [-0.1, -0.05) is 0 Å². The minimum absolute atomic E-state index is 0.510. The zero-order chi connectivity index (χ0) is 6.51. The molecule has 4 saturated carbocycles. The molecule has 0 aromatic rings. The van der Waals surface area contributed by atoms with Crippen LogP contribution in [0.1, 0.15) is 12.8 Å². The molecule has 6 atom stereocenters. The highest BCUT2D eigenvalue weighted by Crippen LogP contribution is 2.94. The van der Waals surface area contributed by atoms with Gasteiger partial charge in [-0.25, -0.2) is 0 Å². The third-order valence-corrected chi connectivity index (χ3v) is 4.80. The number of aliphatic hydroxyl groups is 1. The van der Waals surface area contributed by atoms with Crippen LogP contribution in [0.3, 0.4) is 0 Å². The molecular weight excluding hydrogens is 124 g/mol. The van der Waals surface area contributed by atoms with Gasteiger partial charge in [0.25, 0.3) is 0 Å². The number of fused-ring (bicyclic) bond motifs is 4. The highest BCUT2D eigenvalue weighted by molar-refractivity contribution is 5.38. The maximum atomic E-state index is 9.15. The van der Waals surface area contributed by atoms with E-state index in [-0.39, 0.29) is 0 Å². The molecule has 10 heavy (non-hydrogen) atoms. The van der Waals surface area contributed by atoms with E-state index in [0.717, 1.165) is 29.6 Å². The van der Waals surface area contributed by atoms with Crippen molar-refractivity contribution in [2.45, 2.75) is 12.8 Å². The second-order valence-electron chi connectivity index (χ2n) is 4.82. The lowest BCUT2D eigenvalue weighted by molar-refractivity contribution is 0.161. The molecule has 0 aliphatic heterocycles. The van der Waals surface area contributed by atoms with Gasteiger partial charge in [-0.2, -0.15) is 0 Å². The summed E-state index contributed by atoms with van der Waals surface area (Å²) in [6.07, 6.45) is 2.99. The standard InChI is InChI=1S/C9H12O/c10-3-9-6-2-4-1-5(4)7(9)8(6)9/h4-8,10H,1-3H2. The first-order valence-corrected chi connectivity index (χ1v) is 4.50. The summed E-state index contributed by atoms with van der Waals surface area (Å²) in [5.74, 6) is 5.23. The fourth-order valence-electron chi connectivity index (χ4n) is 4.14. The number of hydrogen-bond acceptors (Lipinski definition) is 1. The van der Waals surface area contributed by atoms with Crippen LogP contribution in [0.15, 0.2) is 0 Å². The van der Waals surface area contributed by atoms with Gasteiger partial charge < -0.3 is 5.11 Å². The van der Waals surface area contributed by atoms with Crippen LogP contribution in [0, 0.1) is 35.0 Å². The van der Waals surface area contributed by atoms with Crippen molar-refractivity contribution in [1.82, 2.24) is 0 Å². The lowest BCUT2D eigenvalue weighted by Crippen LogP contribution is -2.20. The van der Waals surface area contributed by atoms with E-state index in [4.69, 9.17) is 5.11 Å². The molecule has 4 aliphatic carbocycles. The maximum Gasteiger partial charge on any atom is 0.0495 e. The largest absolute Gasteiger partial charge is 0.396 e. The summed E-state index contributed by atoms with van der Waals surface area (Å²) in [4.78, 5) is 0. The van der Waals surface area contributed by atoms with E-state index in [9.17, 15) is 0 Å². The van der Waals surface area contributed by atoms with E-state index in [0.29, 0.717) is 12.0 Å². The highest BCUT2D eigenvalue weighted by atomic mass is 16.3. The molecule has 1 heteroatoms. The van der Waals surface area contributed by atoms with E-state index in [1.54, 1.807) is 0 Å². The zero-order valence-corrected chi connectivity index (χ0v) is 5.96. The van der Waals surface area contributed by atoms with Gasteiger partial charge in [0.1, 0.15) is 0 Å². The highest BCUT2D eigenvalue weighted by Gasteiger charge is 2.91. The molecule has 0 radical (unpaired) electrons. The Bertz CT molecular complexity index is 219. The minimum atomic E-state index is 0.510. The van der Waals surface area contributed by atoms with Crippen LogP contribution in [-0.2, 0) is 0 Å². The second-order valence-corrected chi connectivity index (χ2v) is 4.82. The summed E-state index contributed by atoms with van der Waals surface area (Å²) in [6, 6.07) is 0. The van der Waals surface area contributed by atoms with Crippen LogP contribution in [0.4, 0.5) is 0 Å². The van der Waals surface area contributed by atoms with Gasteiger partial charge in [-0.3, -0.25) is 0 Å².